The third-order valence-electron chi connectivity index (χ3n) is 3.57. The Labute approximate surface area is 107 Å². The molecule has 4 heteroatoms. The SMILES string of the molecule is Cc1cc([C@H](N)[C@H](O)C2CCC2)ccc1F.Cl. The molecule has 1 aromatic carbocycles. The van der Waals surface area contributed by atoms with Crippen molar-refractivity contribution in [1.82, 2.24) is 0 Å². The summed E-state index contributed by atoms with van der Waals surface area (Å²) in [6.07, 6.45) is 2.78. The standard InChI is InChI=1S/C13H18FNO.ClH/c1-8-7-10(5-6-11(8)14)12(15)13(16)9-3-2-4-9;/h5-7,9,12-13,16H,2-4,15H2,1H3;1H/t12-,13+;/m0./s1. The van der Waals surface area contributed by atoms with E-state index in [9.17, 15) is 9.50 Å². The lowest BCUT2D eigenvalue weighted by atomic mass is 9.77. The number of benzene rings is 1. The molecule has 0 bridgehead atoms. The fourth-order valence-corrected chi connectivity index (χ4v) is 2.15. The Morgan fingerprint density at radius 2 is 2.06 bits per heavy atom. The molecular weight excluding hydrogens is 241 g/mol. The van der Waals surface area contributed by atoms with E-state index < -0.39 is 12.1 Å². The Morgan fingerprint density at radius 1 is 1.41 bits per heavy atom. The van der Waals surface area contributed by atoms with Crippen LogP contribution in [0.1, 0.15) is 36.4 Å². The molecule has 1 aliphatic rings. The summed E-state index contributed by atoms with van der Waals surface area (Å²) in [4.78, 5) is 0. The van der Waals surface area contributed by atoms with Gasteiger partial charge in [0.25, 0.3) is 0 Å². The Bertz CT molecular complexity index is 382. The van der Waals surface area contributed by atoms with Crippen LogP contribution in [0, 0.1) is 18.7 Å². The zero-order valence-electron chi connectivity index (χ0n) is 9.90. The van der Waals surface area contributed by atoms with Gasteiger partial charge in [-0.2, -0.15) is 0 Å². The number of rotatable bonds is 3. The lowest BCUT2D eigenvalue weighted by molar-refractivity contribution is 0.0413. The van der Waals surface area contributed by atoms with Crippen molar-refractivity contribution in [2.24, 2.45) is 11.7 Å². The van der Waals surface area contributed by atoms with Gasteiger partial charge in [-0.25, -0.2) is 4.39 Å². The highest BCUT2D eigenvalue weighted by atomic mass is 35.5. The van der Waals surface area contributed by atoms with Crippen LogP contribution in [-0.4, -0.2) is 11.2 Å². The number of aliphatic hydroxyl groups is 1. The molecule has 17 heavy (non-hydrogen) atoms. The van der Waals surface area contributed by atoms with Crippen LogP contribution >= 0.6 is 12.4 Å². The highest BCUT2D eigenvalue weighted by Gasteiger charge is 2.30. The Kier molecular flexibility index (Phi) is 4.92. The number of halogens is 2. The second-order valence-corrected chi connectivity index (χ2v) is 4.72. The lowest BCUT2D eigenvalue weighted by Crippen LogP contribution is -2.36. The molecular formula is C13H19ClFNO. The summed E-state index contributed by atoms with van der Waals surface area (Å²) < 4.78 is 13.1. The predicted octanol–water partition coefficient (Wildman–Crippen LogP) is 2.72. The molecule has 0 aliphatic heterocycles. The van der Waals surface area contributed by atoms with Gasteiger partial charge < -0.3 is 10.8 Å². The fraction of sp³-hybridized carbons (Fsp3) is 0.538. The third kappa shape index (κ3) is 2.97. The first-order valence-electron chi connectivity index (χ1n) is 5.79. The maximum atomic E-state index is 13.1. The molecule has 0 unspecified atom stereocenters. The van der Waals surface area contributed by atoms with Gasteiger partial charge in [-0.05, 0) is 42.9 Å². The van der Waals surface area contributed by atoms with Gasteiger partial charge in [0, 0.05) is 0 Å². The smallest absolute Gasteiger partial charge is 0.126 e. The van der Waals surface area contributed by atoms with Gasteiger partial charge in [-0.15, -0.1) is 12.4 Å². The Hall–Kier alpha value is -0.640. The van der Waals surface area contributed by atoms with Crippen molar-refractivity contribution < 1.29 is 9.50 Å². The van der Waals surface area contributed by atoms with Crippen LogP contribution in [0.4, 0.5) is 4.39 Å². The molecule has 1 aromatic rings. The number of hydrogen-bond acceptors (Lipinski definition) is 2. The summed E-state index contributed by atoms with van der Waals surface area (Å²) >= 11 is 0. The van der Waals surface area contributed by atoms with E-state index in [1.807, 2.05) is 0 Å². The largest absolute Gasteiger partial charge is 0.391 e. The van der Waals surface area contributed by atoms with Crippen LogP contribution in [0.5, 0.6) is 0 Å². The first kappa shape index (κ1) is 14.4. The Morgan fingerprint density at radius 3 is 2.53 bits per heavy atom. The van der Waals surface area contributed by atoms with Gasteiger partial charge >= 0.3 is 0 Å². The Balaban J connectivity index is 0.00000144. The van der Waals surface area contributed by atoms with Crippen LogP contribution in [-0.2, 0) is 0 Å². The minimum absolute atomic E-state index is 0. The molecule has 1 saturated carbocycles. The van der Waals surface area contributed by atoms with Crippen molar-refractivity contribution in [3.05, 3.63) is 35.1 Å². The summed E-state index contributed by atoms with van der Waals surface area (Å²) in [7, 11) is 0. The van der Waals surface area contributed by atoms with Gasteiger partial charge in [-0.3, -0.25) is 0 Å². The molecule has 2 atom stereocenters. The maximum absolute atomic E-state index is 13.1. The van der Waals surface area contributed by atoms with Gasteiger partial charge in [0.05, 0.1) is 12.1 Å². The van der Waals surface area contributed by atoms with Gasteiger partial charge in [0.1, 0.15) is 5.82 Å². The summed E-state index contributed by atoms with van der Waals surface area (Å²) in [5.41, 5.74) is 7.39. The summed E-state index contributed by atoms with van der Waals surface area (Å²) in [6, 6.07) is 4.40. The average Bonchev–Trinajstić information content (AvgIpc) is 2.18. The number of aliphatic hydroxyl groups excluding tert-OH is 1. The molecule has 1 fully saturated rings. The third-order valence-corrected chi connectivity index (χ3v) is 3.57. The van der Waals surface area contributed by atoms with Crippen molar-refractivity contribution in [2.75, 3.05) is 0 Å². The molecule has 0 amide bonds. The van der Waals surface area contributed by atoms with Gasteiger partial charge in [-0.1, -0.05) is 18.6 Å². The molecule has 2 rings (SSSR count). The summed E-state index contributed by atoms with van der Waals surface area (Å²) in [5, 5.41) is 10.0. The second-order valence-electron chi connectivity index (χ2n) is 4.72. The fourth-order valence-electron chi connectivity index (χ4n) is 2.15. The van der Waals surface area contributed by atoms with Crippen molar-refractivity contribution in [3.8, 4) is 0 Å². The molecule has 0 aromatic heterocycles. The molecule has 96 valence electrons. The van der Waals surface area contributed by atoms with Crippen molar-refractivity contribution in [1.29, 1.82) is 0 Å². The van der Waals surface area contributed by atoms with Crippen molar-refractivity contribution in [3.63, 3.8) is 0 Å². The lowest BCUT2D eigenvalue weighted by Gasteiger charge is -2.33. The van der Waals surface area contributed by atoms with Crippen LogP contribution in [0.3, 0.4) is 0 Å². The number of aryl methyl sites for hydroxylation is 1. The van der Waals surface area contributed by atoms with E-state index in [1.165, 1.54) is 12.5 Å². The second kappa shape index (κ2) is 5.80. The van der Waals surface area contributed by atoms with E-state index in [-0.39, 0.29) is 18.2 Å². The molecule has 0 radical (unpaired) electrons. The minimum Gasteiger partial charge on any atom is -0.391 e. The van der Waals surface area contributed by atoms with Crippen LogP contribution in [0.2, 0.25) is 0 Å². The number of nitrogens with two attached hydrogens (primary N) is 1. The van der Waals surface area contributed by atoms with E-state index >= 15 is 0 Å². The van der Waals surface area contributed by atoms with Crippen molar-refractivity contribution in [2.45, 2.75) is 38.3 Å². The quantitative estimate of drug-likeness (QED) is 0.877. The molecule has 0 spiro atoms. The van der Waals surface area contributed by atoms with E-state index in [1.54, 1.807) is 19.1 Å². The highest BCUT2D eigenvalue weighted by molar-refractivity contribution is 5.85. The molecule has 0 saturated heterocycles. The van der Waals surface area contributed by atoms with Crippen LogP contribution < -0.4 is 5.73 Å². The summed E-state index contributed by atoms with van der Waals surface area (Å²) in [5.74, 6) is 0.0921. The molecule has 1 aliphatic carbocycles. The van der Waals surface area contributed by atoms with Gasteiger partial charge in [0.2, 0.25) is 0 Å². The van der Waals surface area contributed by atoms with E-state index in [2.05, 4.69) is 0 Å². The topological polar surface area (TPSA) is 46.2 Å². The normalized spacial score (nSPS) is 19.1. The minimum atomic E-state index is -0.501. The van der Waals surface area contributed by atoms with Crippen molar-refractivity contribution >= 4 is 12.4 Å². The van der Waals surface area contributed by atoms with Crippen LogP contribution in [0.25, 0.3) is 0 Å². The molecule has 3 N–H and O–H groups in total. The van der Waals surface area contributed by atoms with E-state index in [4.69, 9.17) is 5.73 Å². The average molecular weight is 260 g/mol. The van der Waals surface area contributed by atoms with Gasteiger partial charge in [0.15, 0.2) is 0 Å². The zero-order chi connectivity index (χ0) is 11.7. The highest BCUT2D eigenvalue weighted by Crippen LogP contribution is 2.34. The molecule has 2 nitrogen and oxygen atoms in total. The van der Waals surface area contributed by atoms with Crippen LogP contribution in [0.15, 0.2) is 18.2 Å². The van der Waals surface area contributed by atoms with E-state index in [0.29, 0.717) is 11.5 Å². The maximum Gasteiger partial charge on any atom is 0.126 e. The summed E-state index contributed by atoms with van der Waals surface area (Å²) in [6.45, 7) is 1.71. The first-order valence-corrected chi connectivity index (χ1v) is 5.79. The van der Waals surface area contributed by atoms with E-state index in [0.717, 1.165) is 18.4 Å². The monoisotopic (exact) mass is 259 g/mol. The zero-order valence-corrected chi connectivity index (χ0v) is 10.7. The predicted molar refractivity (Wildman–Crippen MR) is 68.7 cm³/mol. The first-order chi connectivity index (χ1) is 7.59. The molecule has 0 heterocycles. The number of hydrogen-bond donors (Lipinski definition) is 2.